The van der Waals surface area contributed by atoms with Crippen molar-refractivity contribution in [3.05, 3.63) is 103 Å². The number of benzene rings is 4. The number of para-hydroxylation sites is 1. The molecule has 0 saturated heterocycles. The number of ether oxygens (including phenoxy) is 3. The smallest absolute Gasteiger partial charge is 0.335 e. The summed E-state index contributed by atoms with van der Waals surface area (Å²) in [6.07, 6.45) is 3.01. The molecule has 0 heterocycles. The third kappa shape index (κ3) is 9.80. The van der Waals surface area contributed by atoms with Crippen molar-refractivity contribution in [2.45, 2.75) is 54.7 Å². The molecule has 0 bridgehead atoms. The van der Waals surface area contributed by atoms with E-state index in [-0.39, 0.29) is 16.5 Å². The van der Waals surface area contributed by atoms with Gasteiger partial charge in [-0.25, -0.2) is 4.79 Å². The summed E-state index contributed by atoms with van der Waals surface area (Å²) >= 11 is 0. The highest BCUT2D eigenvalue weighted by Gasteiger charge is 2.29. The van der Waals surface area contributed by atoms with Crippen molar-refractivity contribution in [1.82, 2.24) is 0 Å². The van der Waals surface area contributed by atoms with Gasteiger partial charge in [0.05, 0.1) is 36.3 Å². The SMILES string of the molecule is CCCOc1ccc([S+](c2ccc(OCCC)cc2)c2ccc(OCCC)cc2)cc1.O=C(O)c1ccccc1[O-]. The third-order valence-electron chi connectivity index (χ3n) is 5.71. The van der Waals surface area contributed by atoms with E-state index in [1.165, 1.54) is 39.0 Å². The summed E-state index contributed by atoms with van der Waals surface area (Å²) in [4.78, 5) is 14.0. The molecule has 0 aromatic heterocycles. The second-order valence-corrected chi connectivity index (χ2v) is 11.1. The van der Waals surface area contributed by atoms with E-state index < -0.39 is 11.7 Å². The number of carbonyl (C=O) groups is 1. The average Bonchev–Trinajstić information content (AvgIpc) is 3.00. The molecule has 0 unspecified atom stereocenters. The maximum atomic E-state index is 10.7. The van der Waals surface area contributed by atoms with Crippen LogP contribution in [0.2, 0.25) is 0 Å². The maximum absolute atomic E-state index is 10.7. The van der Waals surface area contributed by atoms with Crippen LogP contribution in [0.4, 0.5) is 0 Å². The van der Waals surface area contributed by atoms with Gasteiger partial charge in [0.1, 0.15) is 17.2 Å². The molecule has 0 spiro atoms. The van der Waals surface area contributed by atoms with Crippen LogP contribution in [0.15, 0.2) is 112 Å². The molecule has 0 fully saturated rings. The Labute approximate surface area is 245 Å². The fourth-order valence-corrected chi connectivity index (χ4v) is 5.77. The molecule has 7 heteroatoms. The molecule has 0 aliphatic rings. The molecule has 0 aliphatic carbocycles. The standard InChI is InChI=1S/C27H33O3S.C7H6O3/c1-4-19-28-22-7-13-25(14-8-22)31(26-15-9-23(10-16-26)29-20-5-2)27-17-11-24(12-18-27)30-21-6-3;8-6-4-2-1-3-5(6)7(9)10/h7-18H,4-6,19-21H2,1-3H3;1-4,8H,(H,9,10)/q+1;/p-1. The van der Waals surface area contributed by atoms with E-state index in [1.807, 2.05) is 0 Å². The summed E-state index contributed by atoms with van der Waals surface area (Å²) in [6.45, 7) is 8.57. The molecule has 41 heavy (non-hydrogen) atoms. The summed E-state index contributed by atoms with van der Waals surface area (Å²) in [6, 6.07) is 31.0. The fraction of sp³-hybridized carbons (Fsp3) is 0.265. The maximum Gasteiger partial charge on any atom is 0.335 e. The van der Waals surface area contributed by atoms with Gasteiger partial charge in [-0.3, -0.25) is 0 Å². The Balaban J connectivity index is 0.000000389. The van der Waals surface area contributed by atoms with Gasteiger partial charge in [-0.05, 0) is 98.1 Å². The molecule has 4 rings (SSSR count). The van der Waals surface area contributed by atoms with Gasteiger partial charge in [-0.2, -0.15) is 0 Å². The molecular weight excluding hydrogens is 536 g/mol. The lowest BCUT2D eigenvalue weighted by molar-refractivity contribution is -0.268. The first-order valence-electron chi connectivity index (χ1n) is 13.9. The second-order valence-electron chi connectivity index (χ2n) is 9.07. The van der Waals surface area contributed by atoms with E-state index in [9.17, 15) is 9.90 Å². The quantitative estimate of drug-likeness (QED) is 0.165. The summed E-state index contributed by atoms with van der Waals surface area (Å²) in [5.41, 5.74) is -0.178. The number of carboxylic acids is 1. The zero-order valence-electron chi connectivity index (χ0n) is 23.9. The third-order valence-corrected chi connectivity index (χ3v) is 7.95. The number of carboxylic acid groups (broad SMARTS) is 1. The Hall–Kier alpha value is -4.10. The molecule has 216 valence electrons. The molecule has 6 nitrogen and oxygen atoms in total. The molecule has 4 aromatic carbocycles. The molecule has 4 aromatic rings. The van der Waals surface area contributed by atoms with Gasteiger partial charge in [-0.1, -0.05) is 44.7 Å². The van der Waals surface area contributed by atoms with Crippen molar-refractivity contribution >= 4 is 16.9 Å². The summed E-state index contributed by atoms with van der Waals surface area (Å²) in [5, 5.41) is 19.0. The van der Waals surface area contributed by atoms with E-state index >= 15 is 0 Å². The summed E-state index contributed by atoms with van der Waals surface area (Å²) in [5.74, 6) is 1.13. The lowest BCUT2D eigenvalue weighted by Crippen LogP contribution is -2.06. The first-order valence-corrected chi connectivity index (χ1v) is 15.1. The van der Waals surface area contributed by atoms with Crippen LogP contribution >= 0.6 is 0 Å². The van der Waals surface area contributed by atoms with Crippen LogP contribution < -0.4 is 19.3 Å². The monoisotopic (exact) mass is 574 g/mol. The number of hydrogen-bond donors (Lipinski definition) is 1. The number of hydrogen-bond acceptors (Lipinski definition) is 5. The van der Waals surface area contributed by atoms with Crippen molar-refractivity contribution in [2.24, 2.45) is 0 Å². The van der Waals surface area contributed by atoms with E-state index in [1.54, 1.807) is 0 Å². The molecule has 0 aliphatic heterocycles. The highest BCUT2D eigenvalue weighted by molar-refractivity contribution is 7.97. The Morgan fingerprint density at radius 1 is 0.610 bits per heavy atom. The van der Waals surface area contributed by atoms with Crippen molar-refractivity contribution in [1.29, 1.82) is 0 Å². The Morgan fingerprint density at radius 3 is 1.22 bits per heavy atom. The van der Waals surface area contributed by atoms with E-state index in [2.05, 4.69) is 93.6 Å². The highest BCUT2D eigenvalue weighted by atomic mass is 32.2. The first kappa shape index (κ1) is 31.4. The van der Waals surface area contributed by atoms with Gasteiger partial charge in [-0.15, -0.1) is 0 Å². The first-order chi connectivity index (χ1) is 20.0. The Bertz CT molecular complexity index is 1200. The van der Waals surface area contributed by atoms with Gasteiger partial charge >= 0.3 is 5.97 Å². The van der Waals surface area contributed by atoms with Crippen LogP contribution in [0.25, 0.3) is 0 Å². The molecule has 0 saturated carbocycles. The normalized spacial score (nSPS) is 10.4. The predicted molar refractivity (Wildman–Crippen MR) is 162 cm³/mol. The van der Waals surface area contributed by atoms with E-state index in [0.29, 0.717) is 0 Å². The van der Waals surface area contributed by atoms with E-state index in [0.717, 1.165) is 56.3 Å². The topological polar surface area (TPSA) is 88.1 Å². The lowest BCUT2D eigenvalue weighted by atomic mass is 10.2. The minimum absolute atomic E-state index is 0.178. The Kier molecular flexibility index (Phi) is 12.9. The number of aromatic carboxylic acids is 1. The zero-order chi connectivity index (χ0) is 29.5. The van der Waals surface area contributed by atoms with Crippen molar-refractivity contribution in [2.75, 3.05) is 19.8 Å². The van der Waals surface area contributed by atoms with Gasteiger partial charge in [0.2, 0.25) is 0 Å². The highest BCUT2D eigenvalue weighted by Crippen LogP contribution is 2.34. The van der Waals surface area contributed by atoms with Crippen LogP contribution in [-0.2, 0) is 10.9 Å². The second kappa shape index (κ2) is 16.9. The molecule has 0 radical (unpaired) electrons. The Morgan fingerprint density at radius 2 is 0.951 bits per heavy atom. The van der Waals surface area contributed by atoms with Crippen LogP contribution in [-0.4, -0.2) is 30.9 Å². The predicted octanol–water partition coefficient (Wildman–Crippen LogP) is 7.61. The average molecular weight is 575 g/mol. The lowest BCUT2D eigenvalue weighted by Gasteiger charge is -2.11. The van der Waals surface area contributed by atoms with Gasteiger partial charge in [0.15, 0.2) is 14.7 Å². The largest absolute Gasteiger partial charge is 0.872 e. The van der Waals surface area contributed by atoms with Crippen LogP contribution in [0, 0.1) is 0 Å². The van der Waals surface area contributed by atoms with E-state index in [4.69, 9.17) is 19.3 Å². The van der Waals surface area contributed by atoms with Crippen LogP contribution in [0.3, 0.4) is 0 Å². The minimum atomic E-state index is -1.18. The summed E-state index contributed by atoms with van der Waals surface area (Å²) < 4.78 is 17.3. The number of rotatable bonds is 13. The van der Waals surface area contributed by atoms with Gasteiger partial charge in [0.25, 0.3) is 0 Å². The van der Waals surface area contributed by atoms with Crippen LogP contribution in [0.1, 0.15) is 50.4 Å². The zero-order valence-corrected chi connectivity index (χ0v) is 24.7. The van der Waals surface area contributed by atoms with Gasteiger partial charge in [0, 0.05) is 0 Å². The molecular formula is C34H38O6S. The molecule has 0 amide bonds. The fourth-order valence-electron chi connectivity index (χ4n) is 3.73. The minimum Gasteiger partial charge on any atom is -0.872 e. The van der Waals surface area contributed by atoms with Gasteiger partial charge < -0.3 is 24.4 Å². The van der Waals surface area contributed by atoms with Crippen molar-refractivity contribution in [3.8, 4) is 23.0 Å². The van der Waals surface area contributed by atoms with Crippen LogP contribution in [0.5, 0.6) is 23.0 Å². The molecule has 1 N–H and O–H groups in total. The molecule has 0 atom stereocenters. The van der Waals surface area contributed by atoms with Crippen molar-refractivity contribution in [3.63, 3.8) is 0 Å². The summed E-state index contributed by atoms with van der Waals surface area (Å²) in [7, 11) is -0.223. The van der Waals surface area contributed by atoms with Crippen molar-refractivity contribution < 1.29 is 29.2 Å².